The Bertz CT molecular complexity index is 188. The molecule has 0 aromatic heterocycles. The monoisotopic (exact) mass is 203 g/mol. The van der Waals surface area contributed by atoms with Gasteiger partial charge in [-0.25, -0.2) is 0 Å². The lowest BCUT2D eigenvalue weighted by Crippen LogP contribution is -2.61. The molecule has 13 heavy (non-hydrogen) atoms. The number of hydrogen-bond donors (Lipinski definition) is 2. The van der Waals surface area contributed by atoms with Crippen LogP contribution >= 0.6 is 11.8 Å². The lowest BCUT2D eigenvalue weighted by molar-refractivity contribution is -0.0963. The SMILES string of the molecule is CC1CN2CCSCC2C(O)C1O. The smallest absolute Gasteiger partial charge is 0.0964 e. The average molecular weight is 203 g/mol. The van der Waals surface area contributed by atoms with E-state index in [1.165, 1.54) is 0 Å². The minimum atomic E-state index is -0.545. The van der Waals surface area contributed by atoms with E-state index in [0.717, 1.165) is 24.6 Å². The number of thioether (sulfide) groups is 1. The third-order valence-corrected chi connectivity index (χ3v) is 4.18. The predicted molar refractivity (Wildman–Crippen MR) is 53.9 cm³/mol. The topological polar surface area (TPSA) is 43.7 Å². The number of hydrogen-bond acceptors (Lipinski definition) is 4. The Labute approximate surface area is 83.1 Å². The van der Waals surface area contributed by atoms with Crippen molar-refractivity contribution in [3.8, 4) is 0 Å². The second kappa shape index (κ2) is 3.77. The molecule has 2 saturated heterocycles. The molecule has 4 atom stereocenters. The molecule has 0 saturated carbocycles. The Morgan fingerprint density at radius 3 is 2.85 bits per heavy atom. The molecule has 2 rings (SSSR count). The maximum absolute atomic E-state index is 9.84. The highest BCUT2D eigenvalue weighted by molar-refractivity contribution is 7.99. The summed E-state index contributed by atoms with van der Waals surface area (Å²) in [6.07, 6.45) is -1.07. The number of fused-ring (bicyclic) bond motifs is 1. The highest BCUT2D eigenvalue weighted by atomic mass is 32.2. The first-order chi connectivity index (χ1) is 6.20. The Kier molecular flexibility index (Phi) is 2.83. The molecule has 2 N–H and O–H groups in total. The van der Waals surface area contributed by atoms with E-state index in [1.807, 2.05) is 18.7 Å². The van der Waals surface area contributed by atoms with Gasteiger partial charge < -0.3 is 10.2 Å². The second-order valence-corrected chi connectivity index (χ2v) is 5.25. The summed E-state index contributed by atoms with van der Waals surface area (Å²) in [4.78, 5) is 2.32. The van der Waals surface area contributed by atoms with Crippen molar-refractivity contribution in [2.24, 2.45) is 5.92 Å². The molecule has 4 heteroatoms. The highest BCUT2D eigenvalue weighted by Gasteiger charge is 2.40. The molecule has 2 heterocycles. The fraction of sp³-hybridized carbons (Fsp3) is 1.00. The summed E-state index contributed by atoms with van der Waals surface area (Å²) in [6.45, 7) is 4.00. The summed E-state index contributed by atoms with van der Waals surface area (Å²) in [5, 5.41) is 19.5. The third kappa shape index (κ3) is 1.73. The van der Waals surface area contributed by atoms with Crippen LogP contribution in [-0.2, 0) is 0 Å². The molecule has 4 unspecified atom stereocenters. The van der Waals surface area contributed by atoms with E-state index in [2.05, 4.69) is 4.90 Å². The zero-order valence-corrected chi connectivity index (χ0v) is 8.70. The van der Waals surface area contributed by atoms with Gasteiger partial charge in [-0.15, -0.1) is 0 Å². The molecule has 0 spiro atoms. The minimum Gasteiger partial charge on any atom is -0.390 e. The normalized spacial score (nSPS) is 47.3. The first kappa shape index (κ1) is 9.77. The van der Waals surface area contributed by atoms with E-state index in [1.54, 1.807) is 0 Å². The van der Waals surface area contributed by atoms with Crippen LogP contribution in [0.1, 0.15) is 6.92 Å². The zero-order chi connectivity index (χ0) is 9.42. The van der Waals surface area contributed by atoms with E-state index in [0.29, 0.717) is 0 Å². The fourth-order valence-corrected chi connectivity index (χ4v) is 3.42. The van der Waals surface area contributed by atoms with E-state index in [-0.39, 0.29) is 12.0 Å². The van der Waals surface area contributed by atoms with Crippen molar-refractivity contribution < 1.29 is 10.2 Å². The summed E-state index contributed by atoms with van der Waals surface area (Å²) in [5.74, 6) is 2.33. The summed E-state index contributed by atoms with van der Waals surface area (Å²) < 4.78 is 0. The van der Waals surface area contributed by atoms with Crippen molar-refractivity contribution in [1.29, 1.82) is 0 Å². The van der Waals surface area contributed by atoms with E-state index >= 15 is 0 Å². The van der Waals surface area contributed by atoms with Crippen LogP contribution in [0.25, 0.3) is 0 Å². The van der Waals surface area contributed by atoms with Gasteiger partial charge in [-0.3, -0.25) is 4.90 Å². The van der Waals surface area contributed by atoms with Crippen LogP contribution in [0.4, 0.5) is 0 Å². The van der Waals surface area contributed by atoms with Gasteiger partial charge in [0.2, 0.25) is 0 Å². The van der Waals surface area contributed by atoms with Gasteiger partial charge in [0, 0.05) is 30.6 Å². The van der Waals surface area contributed by atoms with Gasteiger partial charge in [0.15, 0.2) is 0 Å². The van der Waals surface area contributed by atoms with Crippen molar-refractivity contribution in [1.82, 2.24) is 4.90 Å². The van der Waals surface area contributed by atoms with E-state index < -0.39 is 12.2 Å². The quantitative estimate of drug-likeness (QED) is 0.571. The third-order valence-electron chi connectivity index (χ3n) is 3.13. The Hall–Kier alpha value is 0.230. The van der Waals surface area contributed by atoms with Crippen LogP contribution in [0, 0.1) is 5.92 Å². The first-order valence-corrected chi connectivity index (χ1v) is 6.03. The van der Waals surface area contributed by atoms with Crippen molar-refractivity contribution in [3.05, 3.63) is 0 Å². The first-order valence-electron chi connectivity index (χ1n) is 4.88. The van der Waals surface area contributed by atoms with Crippen LogP contribution in [0.2, 0.25) is 0 Å². The number of aliphatic hydroxyl groups is 2. The van der Waals surface area contributed by atoms with Gasteiger partial charge in [0.25, 0.3) is 0 Å². The van der Waals surface area contributed by atoms with Crippen LogP contribution in [-0.4, -0.2) is 58.0 Å². The van der Waals surface area contributed by atoms with Crippen LogP contribution in [0.3, 0.4) is 0 Å². The Balaban J connectivity index is 2.08. The second-order valence-electron chi connectivity index (χ2n) is 4.10. The fourth-order valence-electron chi connectivity index (χ4n) is 2.24. The van der Waals surface area contributed by atoms with Crippen molar-refractivity contribution in [2.75, 3.05) is 24.6 Å². The minimum absolute atomic E-state index is 0.185. The lowest BCUT2D eigenvalue weighted by atomic mass is 9.89. The molecule has 0 aromatic rings. The van der Waals surface area contributed by atoms with Crippen LogP contribution in [0.5, 0.6) is 0 Å². The van der Waals surface area contributed by atoms with Gasteiger partial charge in [-0.1, -0.05) is 6.92 Å². The van der Waals surface area contributed by atoms with Crippen LogP contribution < -0.4 is 0 Å². The maximum Gasteiger partial charge on any atom is 0.0964 e. The molecule has 2 fully saturated rings. The average Bonchev–Trinajstić information content (AvgIpc) is 2.15. The molecule has 0 radical (unpaired) electrons. The Morgan fingerprint density at radius 1 is 1.31 bits per heavy atom. The number of rotatable bonds is 0. The number of aliphatic hydroxyl groups excluding tert-OH is 2. The molecule has 0 amide bonds. The standard InChI is InChI=1S/C9H17NO2S/c1-6-4-10-2-3-13-5-7(10)9(12)8(6)11/h6-9,11-12H,2-5H2,1H3. The lowest BCUT2D eigenvalue weighted by Gasteiger charge is -2.46. The number of piperidine rings is 1. The zero-order valence-electron chi connectivity index (χ0n) is 7.89. The molecule has 0 aliphatic carbocycles. The molecule has 76 valence electrons. The van der Waals surface area contributed by atoms with Gasteiger partial charge in [-0.05, 0) is 5.92 Å². The molecule has 3 nitrogen and oxygen atoms in total. The summed E-state index contributed by atoms with van der Waals surface area (Å²) >= 11 is 1.87. The molecular formula is C9H17NO2S. The van der Waals surface area contributed by atoms with Crippen molar-refractivity contribution >= 4 is 11.8 Å². The Morgan fingerprint density at radius 2 is 2.08 bits per heavy atom. The molecule has 2 aliphatic heterocycles. The predicted octanol–water partition coefficient (Wildman–Crippen LogP) is -0.225. The van der Waals surface area contributed by atoms with Gasteiger partial charge >= 0.3 is 0 Å². The summed E-state index contributed by atoms with van der Waals surface area (Å²) in [7, 11) is 0. The molecule has 0 aromatic carbocycles. The largest absolute Gasteiger partial charge is 0.390 e. The maximum atomic E-state index is 9.84. The van der Waals surface area contributed by atoms with Gasteiger partial charge in [-0.2, -0.15) is 11.8 Å². The number of nitrogens with zero attached hydrogens (tertiary/aromatic N) is 1. The van der Waals surface area contributed by atoms with Crippen molar-refractivity contribution in [3.63, 3.8) is 0 Å². The molecule has 2 aliphatic rings. The molecular weight excluding hydrogens is 186 g/mol. The van der Waals surface area contributed by atoms with Gasteiger partial charge in [0.05, 0.1) is 12.2 Å². The van der Waals surface area contributed by atoms with Gasteiger partial charge in [0.1, 0.15) is 0 Å². The van der Waals surface area contributed by atoms with Crippen LogP contribution in [0.15, 0.2) is 0 Å². The molecule has 0 bridgehead atoms. The highest BCUT2D eigenvalue weighted by Crippen LogP contribution is 2.28. The summed E-state index contributed by atoms with van der Waals surface area (Å²) in [5.41, 5.74) is 0. The summed E-state index contributed by atoms with van der Waals surface area (Å²) in [6, 6.07) is 0.185. The van der Waals surface area contributed by atoms with E-state index in [4.69, 9.17) is 0 Å². The van der Waals surface area contributed by atoms with E-state index in [9.17, 15) is 10.2 Å². The van der Waals surface area contributed by atoms with Crippen molar-refractivity contribution in [2.45, 2.75) is 25.2 Å².